The van der Waals surface area contributed by atoms with Crippen LogP contribution in [-0.2, 0) is 15.1 Å². The monoisotopic (exact) mass is 294 g/mol. The number of nitriles is 1. The first-order valence-electron chi connectivity index (χ1n) is 7.16. The molecule has 0 bridgehead atoms. The van der Waals surface area contributed by atoms with Gasteiger partial charge >= 0.3 is 5.97 Å². The SMILES string of the molecule is CCOC(=O)CC(C#N)(Nc1ccccc1)c1ccccc1. The number of nitrogens with zero attached hydrogens (tertiary/aromatic N) is 1. The molecule has 4 heteroatoms. The summed E-state index contributed by atoms with van der Waals surface area (Å²) in [6, 6.07) is 20.9. The third kappa shape index (κ3) is 3.64. The number of hydrogen-bond donors (Lipinski definition) is 1. The third-order valence-corrected chi connectivity index (χ3v) is 3.30. The van der Waals surface area contributed by atoms with Gasteiger partial charge in [0.15, 0.2) is 5.54 Å². The number of nitrogens with one attached hydrogen (secondary N) is 1. The zero-order valence-corrected chi connectivity index (χ0v) is 12.5. The van der Waals surface area contributed by atoms with Gasteiger partial charge < -0.3 is 10.1 Å². The summed E-state index contributed by atoms with van der Waals surface area (Å²) < 4.78 is 5.03. The van der Waals surface area contributed by atoms with E-state index in [-0.39, 0.29) is 6.42 Å². The molecular weight excluding hydrogens is 276 g/mol. The van der Waals surface area contributed by atoms with Crippen LogP contribution in [0.5, 0.6) is 0 Å². The highest BCUT2D eigenvalue weighted by atomic mass is 16.5. The smallest absolute Gasteiger partial charge is 0.309 e. The molecule has 0 heterocycles. The number of carbonyl (C=O) groups is 1. The minimum atomic E-state index is -1.16. The highest BCUT2D eigenvalue weighted by Gasteiger charge is 2.35. The van der Waals surface area contributed by atoms with Gasteiger partial charge in [-0.25, -0.2) is 0 Å². The lowest BCUT2D eigenvalue weighted by molar-refractivity contribution is -0.143. The van der Waals surface area contributed by atoms with Crippen LogP contribution in [0.1, 0.15) is 18.9 Å². The van der Waals surface area contributed by atoms with Crippen molar-refractivity contribution in [2.24, 2.45) is 0 Å². The van der Waals surface area contributed by atoms with E-state index in [0.29, 0.717) is 6.61 Å². The van der Waals surface area contributed by atoms with E-state index in [1.165, 1.54) is 0 Å². The maximum absolute atomic E-state index is 12.0. The van der Waals surface area contributed by atoms with Crippen LogP contribution in [0.25, 0.3) is 0 Å². The maximum atomic E-state index is 12.0. The molecular formula is C18H18N2O2. The molecule has 1 N–H and O–H groups in total. The molecule has 0 fully saturated rings. The Morgan fingerprint density at radius 3 is 2.27 bits per heavy atom. The van der Waals surface area contributed by atoms with Crippen molar-refractivity contribution in [3.05, 3.63) is 66.2 Å². The van der Waals surface area contributed by atoms with Crippen LogP contribution >= 0.6 is 0 Å². The summed E-state index contributed by atoms with van der Waals surface area (Å²) >= 11 is 0. The van der Waals surface area contributed by atoms with E-state index in [4.69, 9.17) is 4.74 Å². The molecule has 0 spiro atoms. The fourth-order valence-electron chi connectivity index (χ4n) is 2.27. The highest BCUT2D eigenvalue weighted by Crippen LogP contribution is 2.29. The Morgan fingerprint density at radius 2 is 1.73 bits per heavy atom. The van der Waals surface area contributed by atoms with Crippen molar-refractivity contribution in [2.75, 3.05) is 11.9 Å². The number of carbonyl (C=O) groups excluding carboxylic acids is 1. The van der Waals surface area contributed by atoms with Gasteiger partial charge in [0.1, 0.15) is 0 Å². The summed E-state index contributed by atoms with van der Waals surface area (Å²) in [5.41, 5.74) is 0.348. The Labute approximate surface area is 130 Å². The first-order valence-corrected chi connectivity index (χ1v) is 7.16. The molecule has 0 saturated heterocycles. The second-order valence-electron chi connectivity index (χ2n) is 4.86. The first kappa shape index (κ1) is 15.6. The van der Waals surface area contributed by atoms with Crippen molar-refractivity contribution in [3.8, 4) is 6.07 Å². The zero-order valence-electron chi connectivity index (χ0n) is 12.5. The maximum Gasteiger partial charge on any atom is 0.309 e. The normalized spacial score (nSPS) is 12.7. The molecule has 0 aromatic heterocycles. The second-order valence-corrected chi connectivity index (χ2v) is 4.86. The predicted octanol–water partition coefficient (Wildman–Crippen LogP) is 3.47. The second kappa shape index (κ2) is 7.28. The lowest BCUT2D eigenvalue weighted by Gasteiger charge is -2.28. The number of ether oxygens (including phenoxy) is 1. The van der Waals surface area contributed by atoms with Gasteiger partial charge in [0, 0.05) is 5.69 Å². The summed E-state index contributed by atoms with van der Waals surface area (Å²) in [6.45, 7) is 2.04. The van der Waals surface area contributed by atoms with Gasteiger partial charge in [0.2, 0.25) is 0 Å². The van der Waals surface area contributed by atoms with Gasteiger partial charge in [0.25, 0.3) is 0 Å². The average molecular weight is 294 g/mol. The summed E-state index contributed by atoms with van der Waals surface area (Å²) in [5, 5.41) is 13.0. The van der Waals surface area contributed by atoms with E-state index in [0.717, 1.165) is 11.3 Å². The molecule has 2 aromatic carbocycles. The number of benzene rings is 2. The molecule has 0 aliphatic rings. The van der Waals surface area contributed by atoms with Crippen LogP contribution in [0.15, 0.2) is 60.7 Å². The molecule has 0 radical (unpaired) electrons. The molecule has 0 saturated carbocycles. The van der Waals surface area contributed by atoms with E-state index < -0.39 is 11.5 Å². The number of hydrogen-bond acceptors (Lipinski definition) is 4. The molecule has 4 nitrogen and oxygen atoms in total. The van der Waals surface area contributed by atoms with E-state index in [2.05, 4.69) is 11.4 Å². The Hall–Kier alpha value is -2.80. The summed E-state index contributed by atoms with van der Waals surface area (Å²) in [5.74, 6) is -0.406. The van der Waals surface area contributed by atoms with Crippen molar-refractivity contribution in [2.45, 2.75) is 18.9 Å². The summed E-state index contributed by atoms with van der Waals surface area (Å²) in [4.78, 5) is 12.0. The molecule has 112 valence electrons. The first-order chi connectivity index (χ1) is 10.7. The standard InChI is InChI=1S/C18H18N2O2/c1-2-22-17(21)13-18(14-19,15-9-5-3-6-10-15)20-16-11-7-4-8-12-16/h3-12,20H,2,13H2,1H3. The van der Waals surface area contributed by atoms with Crippen LogP contribution in [0.3, 0.4) is 0 Å². The van der Waals surface area contributed by atoms with Gasteiger partial charge in [-0.05, 0) is 24.6 Å². The zero-order chi connectivity index (χ0) is 15.8. The summed E-state index contributed by atoms with van der Waals surface area (Å²) in [6.07, 6.45) is -0.0593. The molecule has 2 aromatic rings. The van der Waals surface area contributed by atoms with E-state index in [1.54, 1.807) is 6.92 Å². The van der Waals surface area contributed by atoms with Gasteiger partial charge in [-0.2, -0.15) is 5.26 Å². The Bertz CT molecular complexity index is 650. The molecule has 1 atom stereocenters. The quantitative estimate of drug-likeness (QED) is 0.829. The Balaban J connectivity index is 2.38. The minimum absolute atomic E-state index is 0.0593. The van der Waals surface area contributed by atoms with E-state index >= 15 is 0 Å². The number of esters is 1. The van der Waals surface area contributed by atoms with Gasteiger partial charge in [-0.15, -0.1) is 0 Å². The van der Waals surface area contributed by atoms with Crippen LogP contribution in [-0.4, -0.2) is 12.6 Å². The van der Waals surface area contributed by atoms with Crippen molar-refractivity contribution < 1.29 is 9.53 Å². The van der Waals surface area contributed by atoms with Gasteiger partial charge in [-0.1, -0.05) is 48.5 Å². The minimum Gasteiger partial charge on any atom is -0.466 e. The van der Waals surface area contributed by atoms with Gasteiger partial charge in [-0.3, -0.25) is 4.79 Å². The summed E-state index contributed by atoms with van der Waals surface area (Å²) in [7, 11) is 0. The average Bonchev–Trinajstić information content (AvgIpc) is 2.56. The molecule has 0 aliphatic carbocycles. The van der Waals surface area contributed by atoms with Crippen LogP contribution in [0.4, 0.5) is 5.69 Å². The highest BCUT2D eigenvalue weighted by molar-refractivity contribution is 5.73. The van der Waals surface area contributed by atoms with E-state index in [1.807, 2.05) is 60.7 Å². The Kier molecular flexibility index (Phi) is 5.16. The molecule has 1 unspecified atom stereocenters. The van der Waals surface area contributed by atoms with Crippen LogP contribution < -0.4 is 5.32 Å². The number of rotatable bonds is 6. The van der Waals surface area contributed by atoms with Crippen molar-refractivity contribution in [1.29, 1.82) is 5.26 Å². The number of anilines is 1. The van der Waals surface area contributed by atoms with Crippen molar-refractivity contribution >= 4 is 11.7 Å². The topological polar surface area (TPSA) is 62.1 Å². The van der Waals surface area contributed by atoms with E-state index in [9.17, 15) is 10.1 Å². The van der Waals surface area contributed by atoms with Crippen molar-refractivity contribution in [3.63, 3.8) is 0 Å². The lowest BCUT2D eigenvalue weighted by Crippen LogP contribution is -2.37. The molecule has 0 amide bonds. The fourth-order valence-corrected chi connectivity index (χ4v) is 2.27. The number of para-hydroxylation sites is 1. The van der Waals surface area contributed by atoms with Crippen LogP contribution in [0.2, 0.25) is 0 Å². The third-order valence-electron chi connectivity index (χ3n) is 3.30. The van der Waals surface area contributed by atoms with Crippen LogP contribution in [0, 0.1) is 11.3 Å². The largest absolute Gasteiger partial charge is 0.466 e. The molecule has 2 rings (SSSR count). The molecule has 22 heavy (non-hydrogen) atoms. The predicted molar refractivity (Wildman–Crippen MR) is 85.0 cm³/mol. The lowest BCUT2D eigenvalue weighted by atomic mass is 9.87. The Morgan fingerprint density at radius 1 is 1.14 bits per heavy atom. The van der Waals surface area contributed by atoms with Crippen molar-refractivity contribution in [1.82, 2.24) is 0 Å². The molecule has 0 aliphatic heterocycles. The van der Waals surface area contributed by atoms with Gasteiger partial charge in [0.05, 0.1) is 19.1 Å². The fraction of sp³-hybridized carbons (Fsp3) is 0.222.